The Bertz CT molecular complexity index is 582. The third kappa shape index (κ3) is 4.45. The highest BCUT2D eigenvalue weighted by molar-refractivity contribution is 5.77. The summed E-state index contributed by atoms with van der Waals surface area (Å²) in [4.78, 5) is 19.6. The number of ether oxygens (including phenoxy) is 1. The Hall–Kier alpha value is -1.43. The third-order valence-corrected chi connectivity index (χ3v) is 6.00. The largest absolute Gasteiger partial charge is 0.375 e. The van der Waals surface area contributed by atoms with Crippen molar-refractivity contribution in [1.29, 1.82) is 0 Å². The van der Waals surface area contributed by atoms with Crippen LogP contribution in [0.5, 0.6) is 0 Å². The molecule has 1 aromatic carbocycles. The number of amides is 1. The monoisotopic (exact) mass is 357 g/mol. The standard InChI is InChI=1S/C21H31N3O2/c25-21(24-15-19(16-24)23-9-5-2-6-10-23)13-20-17-22(11-12-26-20)14-18-7-3-1-4-8-18/h1,3-4,7-8,19-20H,2,5-6,9-17H2. The van der Waals surface area contributed by atoms with Gasteiger partial charge in [0.2, 0.25) is 5.91 Å². The highest BCUT2D eigenvalue weighted by atomic mass is 16.5. The molecule has 0 N–H and O–H groups in total. The molecule has 4 rings (SSSR count). The van der Waals surface area contributed by atoms with E-state index in [-0.39, 0.29) is 12.0 Å². The molecule has 0 bridgehead atoms. The van der Waals surface area contributed by atoms with Crippen LogP contribution in [-0.4, -0.2) is 78.6 Å². The first-order chi connectivity index (χ1) is 12.8. The third-order valence-electron chi connectivity index (χ3n) is 6.00. The predicted molar refractivity (Wildman–Crippen MR) is 102 cm³/mol. The van der Waals surface area contributed by atoms with E-state index in [0.717, 1.165) is 39.3 Å². The smallest absolute Gasteiger partial charge is 0.225 e. The molecule has 1 atom stereocenters. The average Bonchev–Trinajstić information content (AvgIpc) is 2.62. The summed E-state index contributed by atoms with van der Waals surface area (Å²) in [7, 11) is 0. The van der Waals surface area contributed by atoms with Gasteiger partial charge in [0.25, 0.3) is 0 Å². The number of hydrogen-bond acceptors (Lipinski definition) is 4. The molecule has 142 valence electrons. The maximum absolute atomic E-state index is 12.6. The molecule has 3 saturated heterocycles. The molecule has 3 aliphatic heterocycles. The molecule has 1 amide bonds. The van der Waals surface area contributed by atoms with Crippen LogP contribution in [-0.2, 0) is 16.1 Å². The molecular formula is C21H31N3O2. The van der Waals surface area contributed by atoms with Gasteiger partial charge in [-0.15, -0.1) is 0 Å². The van der Waals surface area contributed by atoms with Gasteiger partial charge in [-0.2, -0.15) is 0 Å². The predicted octanol–water partition coefficient (Wildman–Crippen LogP) is 1.97. The van der Waals surface area contributed by atoms with Crippen molar-refractivity contribution in [2.75, 3.05) is 45.9 Å². The summed E-state index contributed by atoms with van der Waals surface area (Å²) < 4.78 is 5.88. The highest BCUT2D eigenvalue weighted by Crippen LogP contribution is 2.22. The molecule has 5 nitrogen and oxygen atoms in total. The number of nitrogens with zero attached hydrogens (tertiary/aromatic N) is 3. The number of benzene rings is 1. The lowest BCUT2D eigenvalue weighted by atomic mass is 10.0. The number of hydrogen-bond donors (Lipinski definition) is 0. The summed E-state index contributed by atoms with van der Waals surface area (Å²) in [6.45, 7) is 7.72. The van der Waals surface area contributed by atoms with Crippen LogP contribution < -0.4 is 0 Å². The van der Waals surface area contributed by atoms with E-state index in [1.807, 2.05) is 4.90 Å². The van der Waals surface area contributed by atoms with E-state index < -0.39 is 0 Å². The van der Waals surface area contributed by atoms with E-state index in [4.69, 9.17) is 4.74 Å². The van der Waals surface area contributed by atoms with Crippen LogP contribution in [0.1, 0.15) is 31.2 Å². The summed E-state index contributed by atoms with van der Waals surface area (Å²) >= 11 is 0. The zero-order valence-electron chi connectivity index (χ0n) is 15.7. The molecule has 0 spiro atoms. The zero-order valence-corrected chi connectivity index (χ0v) is 15.7. The van der Waals surface area contributed by atoms with Gasteiger partial charge in [0, 0.05) is 38.8 Å². The minimum atomic E-state index is 0.0361. The minimum Gasteiger partial charge on any atom is -0.375 e. The van der Waals surface area contributed by atoms with Gasteiger partial charge in [-0.3, -0.25) is 14.6 Å². The Labute approximate surface area is 156 Å². The Kier molecular flexibility index (Phi) is 5.88. The molecule has 0 saturated carbocycles. The van der Waals surface area contributed by atoms with Crippen molar-refractivity contribution in [2.24, 2.45) is 0 Å². The van der Waals surface area contributed by atoms with E-state index in [9.17, 15) is 4.79 Å². The fraction of sp³-hybridized carbons (Fsp3) is 0.667. The number of carbonyl (C=O) groups is 1. The van der Waals surface area contributed by atoms with Crippen LogP contribution in [0.3, 0.4) is 0 Å². The van der Waals surface area contributed by atoms with Gasteiger partial charge >= 0.3 is 0 Å². The highest BCUT2D eigenvalue weighted by Gasteiger charge is 2.36. The summed E-state index contributed by atoms with van der Waals surface area (Å²) in [6, 6.07) is 11.1. The second-order valence-electron chi connectivity index (χ2n) is 7.97. The topological polar surface area (TPSA) is 36.0 Å². The molecule has 0 aromatic heterocycles. The maximum Gasteiger partial charge on any atom is 0.225 e. The van der Waals surface area contributed by atoms with Crippen molar-refractivity contribution in [3.8, 4) is 0 Å². The fourth-order valence-electron chi connectivity index (χ4n) is 4.39. The Morgan fingerprint density at radius 3 is 2.54 bits per heavy atom. The van der Waals surface area contributed by atoms with Crippen molar-refractivity contribution in [2.45, 2.75) is 44.4 Å². The van der Waals surface area contributed by atoms with Gasteiger partial charge in [-0.1, -0.05) is 36.8 Å². The van der Waals surface area contributed by atoms with E-state index in [0.29, 0.717) is 12.5 Å². The minimum absolute atomic E-state index is 0.0361. The average molecular weight is 357 g/mol. The quantitative estimate of drug-likeness (QED) is 0.807. The zero-order chi connectivity index (χ0) is 17.8. The lowest BCUT2D eigenvalue weighted by Gasteiger charge is -2.47. The fourth-order valence-corrected chi connectivity index (χ4v) is 4.39. The Balaban J connectivity index is 1.21. The van der Waals surface area contributed by atoms with Gasteiger partial charge in [0.1, 0.15) is 0 Å². The molecule has 3 aliphatic rings. The number of likely N-dealkylation sites (tertiary alicyclic amines) is 2. The lowest BCUT2D eigenvalue weighted by molar-refractivity contribution is -0.144. The molecule has 0 radical (unpaired) electrons. The summed E-state index contributed by atoms with van der Waals surface area (Å²) in [6.07, 6.45) is 4.56. The van der Waals surface area contributed by atoms with Crippen LogP contribution in [0.4, 0.5) is 0 Å². The molecular weight excluding hydrogens is 326 g/mol. The number of carbonyl (C=O) groups excluding carboxylic acids is 1. The second-order valence-corrected chi connectivity index (χ2v) is 7.97. The van der Waals surface area contributed by atoms with Gasteiger partial charge in [0.15, 0.2) is 0 Å². The Morgan fingerprint density at radius 2 is 1.77 bits per heavy atom. The van der Waals surface area contributed by atoms with Crippen molar-refractivity contribution in [1.82, 2.24) is 14.7 Å². The van der Waals surface area contributed by atoms with Crippen LogP contribution in [0.2, 0.25) is 0 Å². The maximum atomic E-state index is 12.6. The molecule has 0 aliphatic carbocycles. The first kappa shape index (κ1) is 18.0. The van der Waals surface area contributed by atoms with Crippen LogP contribution in [0, 0.1) is 0 Å². The summed E-state index contributed by atoms with van der Waals surface area (Å²) in [5.41, 5.74) is 1.33. The van der Waals surface area contributed by atoms with Crippen molar-refractivity contribution >= 4 is 5.91 Å². The molecule has 1 unspecified atom stereocenters. The van der Waals surface area contributed by atoms with Crippen LogP contribution in [0.15, 0.2) is 30.3 Å². The number of rotatable bonds is 5. The van der Waals surface area contributed by atoms with E-state index in [1.54, 1.807) is 0 Å². The van der Waals surface area contributed by atoms with Crippen molar-refractivity contribution in [3.05, 3.63) is 35.9 Å². The van der Waals surface area contributed by atoms with Gasteiger partial charge in [-0.05, 0) is 31.5 Å². The van der Waals surface area contributed by atoms with Crippen LogP contribution in [0.25, 0.3) is 0 Å². The van der Waals surface area contributed by atoms with Gasteiger partial charge < -0.3 is 9.64 Å². The Morgan fingerprint density at radius 1 is 1.00 bits per heavy atom. The van der Waals surface area contributed by atoms with Gasteiger partial charge in [-0.25, -0.2) is 0 Å². The summed E-state index contributed by atoms with van der Waals surface area (Å²) in [5.74, 6) is 0.268. The van der Waals surface area contributed by atoms with E-state index in [2.05, 4.69) is 40.1 Å². The first-order valence-corrected chi connectivity index (χ1v) is 10.2. The van der Waals surface area contributed by atoms with E-state index in [1.165, 1.54) is 37.9 Å². The number of morpholine rings is 1. The van der Waals surface area contributed by atoms with Crippen LogP contribution >= 0.6 is 0 Å². The van der Waals surface area contributed by atoms with Gasteiger partial charge in [0.05, 0.1) is 19.1 Å². The normalized spacial score (nSPS) is 25.8. The molecule has 5 heteroatoms. The second kappa shape index (κ2) is 8.51. The molecule has 3 heterocycles. The van der Waals surface area contributed by atoms with Crippen molar-refractivity contribution in [3.63, 3.8) is 0 Å². The lowest BCUT2D eigenvalue weighted by Crippen LogP contribution is -2.62. The SMILES string of the molecule is O=C(CC1CN(Cc2ccccc2)CCO1)N1CC(N2CCCCC2)C1. The molecule has 1 aromatic rings. The molecule has 26 heavy (non-hydrogen) atoms. The summed E-state index contributed by atoms with van der Waals surface area (Å²) in [5, 5.41) is 0. The van der Waals surface area contributed by atoms with E-state index >= 15 is 0 Å². The van der Waals surface area contributed by atoms with Crippen molar-refractivity contribution < 1.29 is 9.53 Å². The number of piperidine rings is 1. The molecule has 3 fully saturated rings. The first-order valence-electron chi connectivity index (χ1n) is 10.2.